The minimum atomic E-state index is -0.407. The van der Waals surface area contributed by atoms with Crippen molar-refractivity contribution in [2.45, 2.75) is 39.1 Å². The normalized spacial score (nSPS) is 23.0. The molecule has 2 fully saturated rings. The summed E-state index contributed by atoms with van der Waals surface area (Å²) in [6.45, 7) is 8.34. The number of nitrogens with zero attached hydrogens (tertiary/aromatic N) is 1. The standard InChI is InChI=1S/C18H27NO3/c1-13-3-4-14(2)16(11-13)17(20)12-19-7-5-15(6-8-19)18-21-9-10-22-18/h3-4,11,15,17-18,20H,5-10,12H2,1-2H3/t17-/m1/s1. The Hall–Kier alpha value is -0.940. The van der Waals surface area contributed by atoms with Crippen LogP contribution in [0.2, 0.25) is 0 Å². The van der Waals surface area contributed by atoms with Crippen molar-refractivity contribution >= 4 is 0 Å². The Labute approximate surface area is 133 Å². The van der Waals surface area contributed by atoms with Crippen molar-refractivity contribution in [2.24, 2.45) is 5.92 Å². The third-order valence-corrected chi connectivity index (χ3v) is 4.89. The van der Waals surface area contributed by atoms with Crippen LogP contribution in [0.25, 0.3) is 0 Å². The minimum absolute atomic E-state index is 0.00564. The summed E-state index contributed by atoms with van der Waals surface area (Å²) in [5, 5.41) is 10.6. The molecule has 122 valence electrons. The quantitative estimate of drug-likeness (QED) is 0.927. The van der Waals surface area contributed by atoms with Gasteiger partial charge < -0.3 is 19.5 Å². The highest BCUT2D eigenvalue weighted by Gasteiger charge is 2.31. The van der Waals surface area contributed by atoms with E-state index in [-0.39, 0.29) is 6.29 Å². The van der Waals surface area contributed by atoms with E-state index in [0.717, 1.165) is 44.7 Å². The van der Waals surface area contributed by atoms with Crippen LogP contribution in [-0.2, 0) is 9.47 Å². The van der Waals surface area contributed by atoms with Gasteiger partial charge in [0.15, 0.2) is 6.29 Å². The van der Waals surface area contributed by atoms with Gasteiger partial charge in [0.05, 0.1) is 19.3 Å². The molecule has 1 N–H and O–H groups in total. The summed E-state index contributed by atoms with van der Waals surface area (Å²) in [6, 6.07) is 6.29. The fraction of sp³-hybridized carbons (Fsp3) is 0.667. The highest BCUT2D eigenvalue weighted by Crippen LogP contribution is 2.27. The number of hydrogen-bond donors (Lipinski definition) is 1. The van der Waals surface area contributed by atoms with Gasteiger partial charge in [-0.2, -0.15) is 0 Å². The lowest BCUT2D eigenvalue weighted by Gasteiger charge is -2.35. The first-order valence-corrected chi connectivity index (χ1v) is 8.34. The second kappa shape index (κ2) is 7.09. The van der Waals surface area contributed by atoms with Gasteiger partial charge >= 0.3 is 0 Å². The Balaban J connectivity index is 1.52. The summed E-state index contributed by atoms with van der Waals surface area (Å²) >= 11 is 0. The van der Waals surface area contributed by atoms with Gasteiger partial charge in [0.2, 0.25) is 0 Å². The SMILES string of the molecule is Cc1ccc(C)c([C@H](O)CN2CCC(C3OCCO3)CC2)c1. The van der Waals surface area contributed by atoms with Gasteiger partial charge in [-0.3, -0.25) is 0 Å². The van der Waals surface area contributed by atoms with E-state index >= 15 is 0 Å². The number of aliphatic hydroxyl groups excluding tert-OH is 1. The average Bonchev–Trinajstić information content (AvgIpc) is 3.05. The van der Waals surface area contributed by atoms with Crippen LogP contribution in [0, 0.1) is 19.8 Å². The third-order valence-electron chi connectivity index (χ3n) is 4.89. The zero-order valence-corrected chi connectivity index (χ0v) is 13.6. The molecule has 0 unspecified atom stereocenters. The molecular formula is C18H27NO3. The van der Waals surface area contributed by atoms with Gasteiger partial charge in [0.1, 0.15) is 0 Å². The number of benzene rings is 1. The smallest absolute Gasteiger partial charge is 0.160 e. The molecule has 1 aromatic rings. The number of hydrogen-bond acceptors (Lipinski definition) is 4. The van der Waals surface area contributed by atoms with E-state index in [1.165, 1.54) is 11.1 Å². The third kappa shape index (κ3) is 3.69. The number of β-amino-alcohol motifs (C(OH)–C–C–N with tert-alkyl or cyclic N) is 1. The van der Waals surface area contributed by atoms with Gasteiger partial charge in [-0.1, -0.05) is 23.8 Å². The molecule has 3 rings (SSSR count). The molecular weight excluding hydrogens is 278 g/mol. The van der Waals surface area contributed by atoms with Gasteiger partial charge in [-0.25, -0.2) is 0 Å². The summed E-state index contributed by atoms with van der Waals surface area (Å²) < 4.78 is 11.2. The van der Waals surface area contributed by atoms with E-state index in [1.807, 2.05) is 0 Å². The molecule has 0 aromatic heterocycles. The largest absolute Gasteiger partial charge is 0.387 e. The van der Waals surface area contributed by atoms with E-state index in [1.54, 1.807) is 0 Å². The molecule has 22 heavy (non-hydrogen) atoms. The monoisotopic (exact) mass is 305 g/mol. The molecule has 0 spiro atoms. The van der Waals surface area contributed by atoms with Crippen LogP contribution in [0.4, 0.5) is 0 Å². The fourth-order valence-electron chi connectivity index (χ4n) is 3.52. The molecule has 4 nitrogen and oxygen atoms in total. The lowest BCUT2D eigenvalue weighted by Crippen LogP contribution is -2.40. The van der Waals surface area contributed by atoms with E-state index in [0.29, 0.717) is 12.5 Å². The number of aryl methyl sites for hydroxylation is 2. The van der Waals surface area contributed by atoms with Crippen LogP contribution in [0.5, 0.6) is 0 Å². The molecule has 1 atom stereocenters. The average molecular weight is 305 g/mol. The molecule has 1 aromatic carbocycles. The van der Waals surface area contributed by atoms with Crippen LogP contribution in [0.15, 0.2) is 18.2 Å². The Kier molecular flexibility index (Phi) is 5.14. The number of ether oxygens (including phenoxy) is 2. The Morgan fingerprint density at radius 1 is 1.18 bits per heavy atom. The van der Waals surface area contributed by atoms with Gasteiger partial charge in [-0.05, 0) is 50.9 Å². The highest BCUT2D eigenvalue weighted by molar-refractivity contribution is 5.32. The Morgan fingerprint density at radius 3 is 2.55 bits per heavy atom. The van der Waals surface area contributed by atoms with Crippen molar-refractivity contribution in [3.05, 3.63) is 34.9 Å². The topological polar surface area (TPSA) is 41.9 Å². The summed E-state index contributed by atoms with van der Waals surface area (Å²) in [7, 11) is 0. The number of rotatable bonds is 4. The van der Waals surface area contributed by atoms with Crippen molar-refractivity contribution in [2.75, 3.05) is 32.8 Å². The summed E-state index contributed by atoms with van der Waals surface area (Å²) in [5.41, 5.74) is 3.43. The highest BCUT2D eigenvalue weighted by atomic mass is 16.7. The maximum atomic E-state index is 10.6. The number of aliphatic hydroxyl groups is 1. The number of likely N-dealkylation sites (tertiary alicyclic amines) is 1. The van der Waals surface area contributed by atoms with Crippen molar-refractivity contribution in [3.63, 3.8) is 0 Å². The van der Waals surface area contributed by atoms with Gasteiger partial charge in [-0.15, -0.1) is 0 Å². The lowest BCUT2D eigenvalue weighted by atomic mass is 9.95. The maximum Gasteiger partial charge on any atom is 0.160 e. The van der Waals surface area contributed by atoms with E-state index < -0.39 is 6.10 Å². The van der Waals surface area contributed by atoms with Crippen LogP contribution >= 0.6 is 0 Å². The minimum Gasteiger partial charge on any atom is -0.387 e. The molecule has 2 aliphatic rings. The predicted octanol–water partition coefficient (Wildman–Crippen LogP) is 2.42. The van der Waals surface area contributed by atoms with E-state index in [9.17, 15) is 5.11 Å². The Morgan fingerprint density at radius 2 is 1.86 bits per heavy atom. The number of piperidine rings is 1. The van der Waals surface area contributed by atoms with Crippen molar-refractivity contribution in [1.29, 1.82) is 0 Å². The zero-order valence-electron chi connectivity index (χ0n) is 13.6. The molecule has 0 bridgehead atoms. The molecule has 2 aliphatic heterocycles. The second-order valence-electron chi connectivity index (χ2n) is 6.62. The molecule has 0 aliphatic carbocycles. The Bertz CT molecular complexity index is 491. The second-order valence-corrected chi connectivity index (χ2v) is 6.62. The summed E-state index contributed by atoms with van der Waals surface area (Å²) in [6.07, 6.45) is 1.77. The zero-order chi connectivity index (χ0) is 15.5. The predicted molar refractivity (Wildman–Crippen MR) is 85.7 cm³/mol. The first-order chi connectivity index (χ1) is 10.6. The first kappa shape index (κ1) is 15.9. The van der Waals surface area contributed by atoms with E-state index in [2.05, 4.69) is 36.9 Å². The maximum absolute atomic E-state index is 10.6. The lowest BCUT2D eigenvalue weighted by molar-refractivity contribution is -0.0986. The molecule has 2 heterocycles. The van der Waals surface area contributed by atoms with Crippen LogP contribution in [0.3, 0.4) is 0 Å². The fourth-order valence-corrected chi connectivity index (χ4v) is 3.52. The van der Waals surface area contributed by atoms with Gasteiger partial charge in [0.25, 0.3) is 0 Å². The molecule has 0 radical (unpaired) electrons. The van der Waals surface area contributed by atoms with Crippen LogP contribution in [-0.4, -0.2) is 49.1 Å². The first-order valence-electron chi connectivity index (χ1n) is 8.34. The van der Waals surface area contributed by atoms with Crippen molar-refractivity contribution in [3.8, 4) is 0 Å². The van der Waals surface area contributed by atoms with Gasteiger partial charge in [0, 0.05) is 12.5 Å². The molecule has 4 heteroatoms. The van der Waals surface area contributed by atoms with Crippen LogP contribution in [0.1, 0.15) is 35.6 Å². The van der Waals surface area contributed by atoms with Crippen molar-refractivity contribution in [1.82, 2.24) is 4.90 Å². The summed E-state index contributed by atoms with van der Waals surface area (Å²) in [5.74, 6) is 0.511. The summed E-state index contributed by atoms with van der Waals surface area (Å²) in [4.78, 5) is 2.36. The van der Waals surface area contributed by atoms with Crippen LogP contribution < -0.4 is 0 Å². The molecule has 0 amide bonds. The molecule has 2 saturated heterocycles. The van der Waals surface area contributed by atoms with Crippen molar-refractivity contribution < 1.29 is 14.6 Å². The van der Waals surface area contributed by atoms with E-state index in [4.69, 9.17) is 9.47 Å². The molecule has 0 saturated carbocycles.